The Morgan fingerprint density at radius 3 is 2.38 bits per heavy atom. The molecule has 210 valence electrons. The number of carbonyl (C=O) groups excluding carboxylic acids is 1. The Morgan fingerprint density at radius 2 is 1.70 bits per heavy atom. The number of benzene rings is 3. The van der Waals surface area contributed by atoms with Crippen molar-refractivity contribution in [2.24, 2.45) is 0 Å². The third-order valence-electron chi connectivity index (χ3n) is 7.24. The van der Waals surface area contributed by atoms with E-state index in [2.05, 4.69) is 40.2 Å². The zero-order valence-corrected chi connectivity index (χ0v) is 24.5. The number of fused-ring (bicyclic) bond motifs is 1. The maximum absolute atomic E-state index is 13.2. The summed E-state index contributed by atoms with van der Waals surface area (Å²) in [5, 5.41) is 4.05. The quantitative estimate of drug-likeness (QED) is 0.296. The summed E-state index contributed by atoms with van der Waals surface area (Å²) in [6.45, 7) is 9.19. The van der Waals surface area contributed by atoms with Crippen molar-refractivity contribution in [3.8, 4) is 0 Å². The fourth-order valence-corrected chi connectivity index (χ4v) is 7.45. The second-order valence-electron chi connectivity index (χ2n) is 9.77. The molecule has 1 saturated heterocycles. The standard InChI is InChI=1S/C30H35N5O3S2/c1-3-23-10-15-27-28(22-23)39-30(32-27)34-20-18-33(19-21-34)17-16-31-29(36)24-11-13-26(14-12-24)40(37,38)35(4-2)25-8-6-5-7-9-25/h5-15,22H,3-4,16-21H2,1-2H3,(H,31,36). The Labute approximate surface area is 240 Å². The van der Waals surface area contributed by atoms with Crippen molar-refractivity contribution < 1.29 is 13.2 Å². The summed E-state index contributed by atoms with van der Waals surface area (Å²) in [7, 11) is -3.73. The van der Waals surface area contributed by atoms with Gasteiger partial charge < -0.3 is 10.2 Å². The Kier molecular flexibility index (Phi) is 8.68. The van der Waals surface area contributed by atoms with Crippen LogP contribution in [0.4, 0.5) is 10.8 Å². The summed E-state index contributed by atoms with van der Waals surface area (Å²) in [6, 6.07) is 21.7. The van der Waals surface area contributed by atoms with Gasteiger partial charge in [-0.3, -0.25) is 14.0 Å². The van der Waals surface area contributed by atoms with Gasteiger partial charge in [-0.25, -0.2) is 13.4 Å². The number of anilines is 2. The maximum Gasteiger partial charge on any atom is 0.264 e. The molecule has 1 amide bonds. The number of aromatic nitrogens is 1. The summed E-state index contributed by atoms with van der Waals surface area (Å²) in [6.07, 6.45) is 1.03. The van der Waals surface area contributed by atoms with E-state index < -0.39 is 10.0 Å². The fourth-order valence-electron chi connectivity index (χ4n) is 4.90. The molecule has 8 nitrogen and oxygen atoms in total. The monoisotopic (exact) mass is 577 g/mol. The van der Waals surface area contributed by atoms with E-state index in [1.807, 2.05) is 18.2 Å². The number of piperazine rings is 1. The van der Waals surface area contributed by atoms with Crippen LogP contribution in [0.2, 0.25) is 0 Å². The van der Waals surface area contributed by atoms with E-state index in [9.17, 15) is 13.2 Å². The first-order valence-corrected chi connectivity index (χ1v) is 16.0. The first kappa shape index (κ1) is 28.1. The summed E-state index contributed by atoms with van der Waals surface area (Å²) in [4.78, 5) is 22.4. The van der Waals surface area contributed by atoms with E-state index in [0.29, 0.717) is 24.3 Å². The lowest BCUT2D eigenvalue weighted by molar-refractivity contribution is 0.0947. The SMILES string of the molecule is CCc1ccc2nc(N3CCN(CCNC(=O)c4ccc(S(=O)(=O)N(CC)c5ccccc5)cc4)CC3)sc2c1. The summed E-state index contributed by atoms with van der Waals surface area (Å²) in [5.74, 6) is -0.209. The Hall–Kier alpha value is -3.47. The van der Waals surface area contributed by atoms with Crippen molar-refractivity contribution in [1.29, 1.82) is 0 Å². The van der Waals surface area contributed by atoms with Crippen molar-refractivity contribution in [2.75, 3.05) is 55.0 Å². The summed E-state index contributed by atoms with van der Waals surface area (Å²) in [5.41, 5.74) is 3.44. The maximum atomic E-state index is 13.2. The molecular weight excluding hydrogens is 542 g/mol. The zero-order valence-electron chi connectivity index (χ0n) is 22.9. The Balaban J connectivity index is 1.10. The summed E-state index contributed by atoms with van der Waals surface area (Å²) >= 11 is 1.76. The lowest BCUT2D eigenvalue weighted by Crippen LogP contribution is -2.48. The highest BCUT2D eigenvalue weighted by Crippen LogP contribution is 2.30. The van der Waals surface area contributed by atoms with Crippen LogP contribution in [0.15, 0.2) is 77.7 Å². The van der Waals surface area contributed by atoms with E-state index in [-0.39, 0.29) is 10.8 Å². The zero-order chi connectivity index (χ0) is 28.1. The topological polar surface area (TPSA) is 85.9 Å². The highest BCUT2D eigenvalue weighted by atomic mass is 32.2. The third-order valence-corrected chi connectivity index (χ3v) is 10.2. The van der Waals surface area contributed by atoms with Gasteiger partial charge >= 0.3 is 0 Å². The van der Waals surface area contributed by atoms with Gasteiger partial charge in [0, 0.05) is 51.4 Å². The predicted octanol–water partition coefficient (Wildman–Crippen LogP) is 4.63. The predicted molar refractivity (Wildman–Crippen MR) is 163 cm³/mol. The largest absolute Gasteiger partial charge is 0.351 e. The van der Waals surface area contributed by atoms with Crippen LogP contribution in [0.1, 0.15) is 29.8 Å². The van der Waals surface area contributed by atoms with Gasteiger partial charge in [0.2, 0.25) is 0 Å². The van der Waals surface area contributed by atoms with Gasteiger partial charge in [-0.1, -0.05) is 42.5 Å². The number of amides is 1. The van der Waals surface area contributed by atoms with Gasteiger partial charge in [-0.2, -0.15) is 0 Å². The van der Waals surface area contributed by atoms with E-state index >= 15 is 0 Å². The first-order chi connectivity index (χ1) is 19.4. The molecule has 0 spiro atoms. The van der Waals surface area contributed by atoms with Gasteiger partial charge in [0.25, 0.3) is 15.9 Å². The third kappa shape index (κ3) is 6.14. The molecular formula is C30H35N5O3S2. The molecule has 0 atom stereocenters. The van der Waals surface area contributed by atoms with E-state index in [0.717, 1.165) is 49.8 Å². The molecule has 0 unspecified atom stereocenters. The van der Waals surface area contributed by atoms with E-state index in [1.165, 1.54) is 26.7 Å². The van der Waals surface area contributed by atoms with Crippen LogP contribution >= 0.6 is 11.3 Å². The second kappa shape index (κ2) is 12.4. The van der Waals surface area contributed by atoms with Gasteiger partial charge in [-0.05, 0) is 67.4 Å². The number of nitrogens with zero attached hydrogens (tertiary/aromatic N) is 4. The van der Waals surface area contributed by atoms with Crippen molar-refractivity contribution in [2.45, 2.75) is 25.2 Å². The molecule has 1 N–H and O–H groups in total. The molecule has 5 rings (SSSR count). The van der Waals surface area contributed by atoms with E-state index in [4.69, 9.17) is 4.98 Å². The van der Waals surface area contributed by atoms with Crippen LogP contribution < -0.4 is 14.5 Å². The highest BCUT2D eigenvalue weighted by molar-refractivity contribution is 7.92. The van der Waals surface area contributed by atoms with Crippen LogP contribution in [-0.4, -0.2) is 70.0 Å². The Morgan fingerprint density at radius 1 is 0.975 bits per heavy atom. The van der Waals surface area contributed by atoms with Crippen LogP contribution in [0.3, 0.4) is 0 Å². The number of nitrogens with one attached hydrogen (secondary N) is 1. The number of aryl methyl sites for hydroxylation is 1. The minimum absolute atomic E-state index is 0.159. The smallest absolute Gasteiger partial charge is 0.264 e. The van der Waals surface area contributed by atoms with Crippen molar-refractivity contribution in [3.63, 3.8) is 0 Å². The van der Waals surface area contributed by atoms with Gasteiger partial charge in [-0.15, -0.1) is 0 Å². The molecule has 10 heteroatoms. The van der Waals surface area contributed by atoms with Gasteiger partial charge in [0.15, 0.2) is 5.13 Å². The van der Waals surface area contributed by atoms with Gasteiger partial charge in [0.05, 0.1) is 20.8 Å². The minimum atomic E-state index is -3.73. The highest BCUT2D eigenvalue weighted by Gasteiger charge is 2.24. The number of thiazole rings is 1. The van der Waals surface area contributed by atoms with Gasteiger partial charge in [0.1, 0.15) is 0 Å². The number of sulfonamides is 1. The number of rotatable bonds is 10. The number of para-hydroxylation sites is 1. The van der Waals surface area contributed by atoms with Crippen LogP contribution in [-0.2, 0) is 16.4 Å². The second-order valence-corrected chi connectivity index (χ2v) is 12.6. The average Bonchev–Trinajstić information content (AvgIpc) is 3.42. The minimum Gasteiger partial charge on any atom is -0.351 e. The number of hydrogen-bond donors (Lipinski definition) is 1. The number of hydrogen-bond acceptors (Lipinski definition) is 7. The van der Waals surface area contributed by atoms with Crippen LogP contribution in [0.5, 0.6) is 0 Å². The molecule has 0 aliphatic carbocycles. The first-order valence-electron chi connectivity index (χ1n) is 13.7. The van der Waals surface area contributed by atoms with Crippen molar-refractivity contribution in [3.05, 3.63) is 83.9 Å². The van der Waals surface area contributed by atoms with Crippen LogP contribution in [0.25, 0.3) is 10.2 Å². The normalized spacial score (nSPS) is 14.4. The number of carbonyl (C=O) groups is 1. The van der Waals surface area contributed by atoms with Crippen LogP contribution in [0, 0.1) is 0 Å². The molecule has 0 radical (unpaired) electrons. The molecule has 2 heterocycles. The van der Waals surface area contributed by atoms with Crippen molar-refractivity contribution >= 4 is 48.3 Å². The molecule has 1 aliphatic rings. The van der Waals surface area contributed by atoms with Crippen molar-refractivity contribution in [1.82, 2.24) is 15.2 Å². The fraction of sp³-hybridized carbons (Fsp3) is 0.333. The molecule has 0 saturated carbocycles. The summed E-state index contributed by atoms with van der Waals surface area (Å²) < 4.78 is 29.0. The molecule has 3 aromatic carbocycles. The van der Waals surface area contributed by atoms with E-state index in [1.54, 1.807) is 42.5 Å². The molecule has 4 aromatic rings. The lowest BCUT2D eigenvalue weighted by Gasteiger charge is -2.34. The Bertz CT molecular complexity index is 1550. The molecule has 1 aliphatic heterocycles. The average molecular weight is 578 g/mol. The molecule has 1 fully saturated rings. The lowest BCUT2D eigenvalue weighted by atomic mass is 10.2. The molecule has 0 bridgehead atoms. The molecule has 40 heavy (non-hydrogen) atoms. The molecule has 1 aromatic heterocycles.